The molecule has 0 bridgehead atoms. The highest BCUT2D eigenvalue weighted by Gasteiger charge is 2.17. The minimum atomic E-state index is -0.467. The van der Waals surface area contributed by atoms with E-state index in [2.05, 4.69) is 12.8 Å². The SMILES string of the molecule is CC(=O)Oc1ccccc1C(=O)OCCCC[C]1[CH][CH][CH][CH]1. The maximum atomic E-state index is 12.0. The Morgan fingerprint density at radius 1 is 1.05 bits per heavy atom. The number of hydrogen-bond donors (Lipinski definition) is 0. The van der Waals surface area contributed by atoms with Crippen molar-refractivity contribution in [2.75, 3.05) is 6.61 Å². The first kappa shape index (κ1) is 16.5. The summed E-state index contributed by atoms with van der Waals surface area (Å²) in [6.45, 7) is 1.65. The van der Waals surface area contributed by atoms with Crippen molar-refractivity contribution >= 4 is 11.9 Å². The van der Waals surface area contributed by atoms with Crippen molar-refractivity contribution in [2.45, 2.75) is 26.2 Å². The number of esters is 2. The van der Waals surface area contributed by atoms with Crippen molar-refractivity contribution in [1.29, 1.82) is 0 Å². The van der Waals surface area contributed by atoms with Crippen LogP contribution in [0.1, 0.15) is 36.5 Å². The molecule has 1 aromatic rings. The lowest BCUT2D eigenvalue weighted by atomic mass is 10.0. The molecule has 0 unspecified atom stereocenters. The Hall–Kier alpha value is -1.84. The zero-order valence-corrected chi connectivity index (χ0v) is 12.6. The van der Waals surface area contributed by atoms with Gasteiger partial charge in [0.05, 0.1) is 6.61 Å². The highest BCUT2D eigenvalue weighted by molar-refractivity contribution is 5.93. The van der Waals surface area contributed by atoms with E-state index >= 15 is 0 Å². The van der Waals surface area contributed by atoms with Crippen molar-refractivity contribution < 1.29 is 19.1 Å². The average Bonchev–Trinajstić information content (AvgIpc) is 3.00. The third-order valence-corrected chi connectivity index (χ3v) is 3.19. The van der Waals surface area contributed by atoms with Gasteiger partial charge in [-0.25, -0.2) is 4.79 Å². The molecule has 4 heteroatoms. The lowest BCUT2D eigenvalue weighted by Gasteiger charge is -2.10. The Morgan fingerprint density at radius 2 is 1.77 bits per heavy atom. The Morgan fingerprint density at radius 3 is 2.50 bits per heavy atom. The van der Waals surface area contributed by atoms with Gasteiger partial charge in [-0.3, -0.25) is 4.79 Å². The quantitative estimate of drug-likeness (QED) is 0.440. The summed E-state index contributed by atoms with van der Waals surface area (Å²) >= 11 is 0. The fourth-order valence-electron chi connectivity index (χ4n) is 2.13. The summed E-state index contributed by atoms with van der Waals surface area (Å²) in [5.41, 5.74) is 0.272. The van der Waals surface area contributed by atoms with Gasteiger partial charge in [-0.2, -0.15) is 0 Å². The van der Waals surface area contributed by atoms with E-state index in [4.69, 9.17) is 9.47 Å². The van der Waals surface area contributed by atoms with Crippen LogP contribution in [0.4, 0.5) is 0 Å². The standard InChI is InChI=1S/C18H19O4/c1-14(19)22-17-12-5-4-11-16(17)18(20)21-13-7-6-10-15-8-2-3-9-15/h2-5,8-9,11-12H,6-7,10,13H2,1H3. The summed E-state index contributed by atoms with van der Waals surface area (Å²) in [7, 11) is 0. The molecule has 1 aliphatic rings. The predicted molar refractivity (Wildman–Crippen MR) is 82.3 cm³/mol. The number of carbonyl (C=O) groups is 2. The molecule has 2 rings (SSSR count). The fraction of sp³-hybridized carbons (Fsp3) is 0.278. The van der Waals surface area contributed by atoms with Gasteiger partial charge >= 0.3 is 11.9 Å². The van der Waals surface area contributed by atoms with Crippen LogP contribution in [0.25, 0.3) is 0 Å². The molecular formula is C18H19O4. The molecule has 0 spiro atoms. The zero-order valence-electron chi connectivity index (χ0n) is 12.6. The molecule has 1 fully saturated rings. The summed E-state index contributed by atoms with van der Waals surface area (Å²) in [6, 6.07) is 6.58. The number of rotatable bonds is 7. The van der Waals surface area contributed by atoms with Gasteiger partial charge in [0.25, 0.3) is 0 Å². The van der Waals surface area contributed by atoms with E-state index in [0.29, 0.717) is 6.61 Å². The first-order valence-corrected chi connectivity index (χ1v) is 7.32. The molecule has 22 heavy (non-hydrogen) atoms. The van der Waals surface area contributed by atoms with E-state index in [9.17, 15) is 9.59 Å². The van der Waals surface area contributed by atoms with Crippen molar-refractivity contribution in [3.63, 3.8) is 0 Å². The first-order chi connectivity index (χ1) is 10.7. The molecule has 5 radical (unpaired) electrons. The molecule has 1 aliphatic carbocycles. The highest BCUT2D eigenvalue weighted by Crippen LogP contribution is 2.27. The van der Waals surface area contributed by atoms with Crippen LogP contribution in [-0.2, 0) is 9.53 Å². The van der Waals surface area contributed by atoms with Crippen molar-refractivity contribution in [2.24, 2.45) is 0 Å². The fourth-order valence-corrected chi connectivity index (χ4v) is 2.13. The summed E-state index contributed by atoms with van der Waals surface area (Å²) in [5, 5.41) is 0. The van der Waals surface area contributed by atoms with E-state index in [-0.39, 0.29) is 11.3 Å². The Labute approximate surface area is 131 Å². The molecule has 1 saturated carbocycles. The molecule has 0 N–H and O–H groups in total. The number of unbranched alkanes of at least 4 members (excludes halogenated alkanes) is 1. The molecule has 1 aromatic carbocycles. The molecule has 0 aliphatic heterocycles. The van der Waals surface area contributed by atoms with E-state index in [1.165, 1.54) is 12.8 Å². The molecule has 0 amide bonds. The highest BCUT2D eigenvalue weighted by atomic mass is 16.5. The minimum Gasteiger partial charge on any atom is -0.462 e. The van der Waals surface area contributed by atoms with E-state index in [1.54, 1.807) is 24.3 Å². The van der Waals surface area contributed by atoms with Gasteiger partial charge in [0.15, 0.2) is 0 Å². The normalized spacial score (nSPS) is 14.8. The maximum Gasteiger partial charge on any atom is 0.341 e. The second-order valence-electron chi connectivity index (χ2n) is 4.98. The van der Waals surface area contributed by atoms with Crippen LogP contribution in [0.5, 0.6) is 5.75 Å². The largest absolute Gasteiger partial charge is 0.462 e. The van der Waals surface area contributed by atoms with Gasteiger partial charge in [-0.05, 0) is 63.0 Å². The molecule has 4 nitrogen and oxygen atoms in total. The molecule has 0 aromatic heterocycles. The molecular weight excluding hydrogens is 280 g/mol. The monoisotopic (exact) mass is 299 g/mol. The number of ether oxygens (including phenoxy) is 2. The summed E-state index contributed by atoms with van der Waals surface area (Å²) in [6.07, 6.45) is 10.9. The van der Waals surface area contributed by atoms with Crippen LogP contribution in [0.15, 0.2) is 24.3 Å². The van der Waals surface area contributed by atoms with Crippen LogP contribution in [0.3, 0.4) is 0 Å². The summed E-state index contributed by atoms with van der Waals surface area (Å²) in [5.74, 6) is 0.600. The molecule has 115 valence electrons. The van der Waals surface area contributed by atoms with Gasteiger partial charge in [-0.1, -0.05) is 12.1 Å². The third kappa shape index (κ3) is 5.17. The van der Waals surface area contributed by atoms with Crippen molar-refractivity contribution in [1.82, 2.24) is 0 Å². The second-order valence-corrected chi connectivity index (χ2v) is 4.98. The van der Waals surface area contributed by atoms with Crippen LogP contribution in [0.2, 0.25) is 0 Å². The van der Waals surface area contributed by atoms with E-state index in [0.717, 1.165) is 19.3 Å². The van der Waals surface area contributed by atoms with Gasteiger partial charge in [0.1, 0.15) is 11.3 Å². The van der Waals surface area contributed by atoms with Gasteiger partial charge in [0, 0.05) is 6.92 Å². The molecule has 0 heterocycles. The lowest BCUT2D eigenvalue weighted by molar-refractivity contribution is -0.131. The number of para-hydroxylation sites is 1. The van der Waals surface area contributed by atoms with Crippen LogP contribution in [0, 0.1) is 31.6 Å². The van der Waals surface area contributed by atoms with E-state index < -0.39 is 11.9 Å². The summed E-state index contributed by atoms with van der Waals surface area (Å²) < 4.78 is 10.2. The third-order valence-electron chi connectivity index (χ3n) is 3.19. The van der Waals surface area contributed by atoms with Gasteiger partial charge < -0.3 is 9.47 Å². The number of benzene rings is 1. The van der Waals surface area contributed by atoms with Crippen molar-refractivity contribution in [3.8, 4) is 5.75 Å². The van der Waals surface area contributed by atoms with Crippen LogP contribution in [-0.4, -0.2) is 18.5 Å². The first-order valence-electron chi connectivity index (χ1n) is 7.32. The molecule has 0 atom stereocenters. The smallest absolute Gasteiger partial charge is 0.341 e. The van der Waals surface area contributed by atoms with Crippen LogP contribution < -0.4 is 4.74 Å². The second kappa shape index (κ2) is 8.57. The Balaban J connectivity index is 1.73. The number of hydrogen-bond acceptors (Lipinski definition) is 4. The Bertz CT molecular complexity index is 504. The van der Waals surface area contributed by atoms with Crippen molar-refractivity contribution in [3.05, 3.63) is 61.4 Å². The molecule has 0 saturated heterocycles. The lowest BCUT2D eigenvalue weighted by Crippen LogP contribution is -2.11. The number of carbonyl (C=O) groups excluding carboxylic acids is 2. The topological polar surface area (TPSA) is 52.6 Å². The van der Waals surface area contributed by atoms with E-state index in [1.807, 2.05) is 12.8 Å². The van der Waals surface area contributed by atoms with Gasteiger partial charge in [-0.15, -0.1) is 0 Å². The van der Waals surface area contributed by atoms with Crippen LogP contribution >= 0.6 is 0 Å². The summed E-state index contributed by atoms with van der Waals surface area (Å²) in [4.78, 5) is 23.1. The van der Waals surface area contributed by atoms with Gasteiger partial charge in [0.2, 0.25) is 0 Å². The minimum absolute atomic E-state index is 0.233. The maximum absolute atomic E-state index is 12.0. The predicted octanol–water partition coefficient (Wildman–Crippen LogP) is 3.34. The Kier molecular flexibility index (Phi) is 6.44. The average molecular weight is 299 g/mol. The zero-order chi connectivity index (χ0) is 15.8.